The summed E-state index contributed by atoms with van der Waals surface area (Å²) in [6.45, 7) is 0.141. The lowest BCUT2D eigenvalue weighted by molar-refractivity contribution is -0.142. The van der Waals surface area contributed by atoms with Crippen LogP contribution in [-0.4, -0.2) is 46.7 Å². The fourth-order valence-electron chi connectivity index (χ4n) is 4.00. The second-order valence-electron chi connectivity index (χ2n) is 7.48. The van der Waals surface area contributed by atoms with Crippen molar-refractivity contribution < 1.29 is 19.4 Å². The first kappa shape index (κ1) is 21.1. The van der Waals surface area contributed by atoms with Gasteiger partial charge in [-0.1, -0.05) is 48.5 Å². The van der Waals surface area contributed by atoms with Crippen molar-refractivity contribution in [3.05, 3.63) is 88.2 Å². The van der Waals surface area contributed by atoms with Crippen LogP contribution in [0.25, 0.3) is 11.1 Å². The maximum absolute atomic E-state index is 12.7. The summed E-state index contributed by atoms with van der Waals surface area (Å²) in [5, 5.41) is 9.68. The molecule has 0 bridgehead atoms. The van der Waals surface area contributed by atoms with Crippen LogP contribution in [0, 0.1) is 0 Å². The monoisotopic (exact) mass is 480 g/mol. The Morgan fingerprint density at radius 1 is 1.10 bits per heavy atom. The van der Waals surface area contributed by atoms with Gasteiger partial charge in [0.15, 0.2) is 0 Å². The lowest BCUT2D eigenvalue weighted by atomic mass is 9.98. The molecule has 1 aliphatic carbocycles. The van der Waals surface area contributed by atoms with Gasteiger partial charge in [0, 0.05) is 36.3 Å². The summed E-state index contributed by atoms with van der Waals surface area (Å²) >= 11 is 3.33. The number of carbonyl (C=O) groups excluding carboxylic acids is 1. The quantitative estimate of drug-likeness (QED) is 0.551. The van der Waals surface area contributed by atoms with E-state index in [0.717, 1.165) is 31.6 Å². The van der Waals surface area contributed by atoms with Crippen LogP contribution in [0.2, 0.25) is 0 Å². The van der Waals surface area contributed by atoms with Crippen molar-refractivity contribution in [3.63, 3.8) is 0 Å². The Kier molecular flexibility index (Phi) is 6.04. The number of carboxylic acid groups (broad SMARTS) is 1. The SMILES string of the molecule is CN(C(=O)OCC1c2ccccc2-c2ccccc21)C(Cc1cncc(Br)c1)C(=O)O. The average molecular weight is 481 g/mol. The van der Waals surface area contributed by atoms with Crippen molar-refractivity contribution in [3.8, 4) is 11.1 Å². The molecule has 31 heavy (non-hydrogen) atoms. The first-order valence-electron chi connectivity index (χ1n) is 9.85. The molecule has 2 aromatic carbocycles. The second kappa shape index (κ2) is 8.89. The molecule has 7 heteroatoms. The number of carboxylic acids is 1. The molecule has 1 aromatic heterocycles. The van der Waals surface area contributed by atoms with Crippen molar-refractivity contribution >= 4 is 28.0 Å². The van der Waals surface area contributed by atoms with Crippen LogP contribution in [0.1, 0.15) is 22.6 Å². The minimum atomic E-state index is -1.10. The van der Waals surface area contributed by atoms with E-state index in [4.69, 9.17) is 4.74 Å². The van der Waals surface area contributed by atoms with Gasteiger partial charge < -0.3 is 9.84 Å². The molecule has 1 heterocycles. The zero-order valence-corrected chi connectivity index (χ0v) is 18.5. The third-order valence-corrected chi connectivity index (χ3v) is 6.00. The lowest BCUT2D eigenvalue weighted by Gasteiger charge is -2.25. The smallest absolute Gasteiger partial charge is 0.410 e. The number of hydrogen-bond donors (Lipinski definition) is 1. The van der Waals surface area contributed by atoms with Crippen molar-refractivity contribution in [2.75, 3.05) is 13.7 Å². The van der Waals surface area contributed by atoms with E-state index in [1.54, 1.807) is 18.5 Å². The van der Waals surface area contributed by atoms with Gasteiger partial charge in [0.2, 0.25) is 0 Å². The number of fused-ring (bicyclic) bond motifs is 3. The first-order chi connectivity index (χ1) is 15.0. The predicted molar refractivity (Wildman–Crippen MR) is 120 cm³/mol. The number of halogens is 1. The largest absolute Gasteiger partial charge is 0.480 e. The summed E-state index contributed by atoms with van der Waals surface area (Å²) in [5.41, 5.74) is 5.19. The Morgan fingerprint density at radius 3 is 2.29 bits per heavy atom. The van der Waals surface area contributed by atoms with Gasteiger partial charge in [0.1, 0.15) is 12.6 Å². The van der Waals surface area contributed by atoms with Crippen LogP contribution in [-0.2, 0) is 16.0 Å². The molecule has 0 saturated heterocycles. The summed E-state index contributed by atoms with van der Waals surface area (Å²) in [4.78, 5) is 29.8. The predicted octanol–water partition coefficient (Wildman–Crippen LogP) is 4.72. The van der Waals surface area contributed by atoms with Gasteiger partial charge in [-0.2, -0.15) is 0 Å². The third kappa shape index (κ3) is 4.32. The highest BCUT2D eigenvalue weighted by molar-refractivity contribution is 9.10. The maximum atomic E-state index is 12.7. The normalized spacial score (nSPS) is 13.2. The number of ether oxygens (including phenoxy) is 1. The van der Waals surface area contributed by atoms with Gasteiger partial charge in [-0.15, -0.1) is 0 Å². The minimum Gasteiger partial charge on any atom is -0.480 e. The number of aromatic nitrogens is 1. The van der Waals surface area contributed by atoms with Crippen LogP contribution < -0.4 is 0 Å². The number of nitrogens with zero attached hydrogens (tertiary/aromatic N) is 2. The van der Waals surface area contributed by atoms with Crippen molar-refractivity contribution in [2.45, 2.75) is 18.4 Å². The summed E-state index contributed by atoms with van der Waals surface area (Å²) in [5.74, 6) is -1.18. The Balaban J connectivity index is 1.48. The Hall–Kier alpha value is -3.19. The molecule has 1 amide bonds. The molecule has 1 unspecified atom stereocenters. The summed E-state index contributed by atoms with van der Waals surface area (Å²) < 4.78 is 6.34. The highest BCUT2D eigenvalue weighted by Crippen LogP contribution is 2.44. The molecule has 0 saturated carbocycles. The number of rotatable bonds is 6. The molecular formula is C24H21BrN2O4. The third-order valence-electron chi connectivity index (χ3n) is 5.57. The van der Waals surface area contributed by atoms with Crippen LogP contribution in [0.5, 0.6) is 0 Å². The van der Waals surface area contributed by atoms with E-state index in [0.29, 0.717) is 5.56 Å². The molecule has 4 rings (SSSR count). The van der Waals surface area contributed by atoms with E-state index < -0.39 is 18.1 Å². The topological polar surface area (TPSA) is 79.7 Å². The molecule has 1 atom stereocenters. The Bertz CT molecular complexity index is 1090. The lowest BCUT2D eigenvalue weighted by Crippen LogP contribution is -2.44. The van der Waals surface area contributed by atoms with Gasteiger partial charge in [-0.25, -0.2) is 9.59 Å². The number of likely N-dealkylation sites (N-methyl/N-ethyl adjacent to an activating group) is 1. The fraction of sp³-hybridized carbons (Fsp3) is 0.208. The molecule has 3 aromatic rings. The van der Waals surface area contributed by atoms with E-state index in [9.17, 15) is 14.7 Å². The van der Waals surface area contributed by atoms with Gasteiger partial charge in [-0.3, -0.25) is 9.88 Å². The highest BCUT2D eigenvalue weighted by atomic mass is 79.9. The van der Waals surface area contributed by atoms with Gasteiger partial charge in [0.05, 0.1) is 0 Å². The van der Waals surface area contributed by atoms with E-state index in [2.05, 4.69) is 33.0 Å². The number of amides is 1. The molecule has 6 nitrogen and oxygen atoms in total. The number of benzene rings is 2. The van der Waals surface area contributed by atoms with Crippen LogP contribution in [0.15, 0.2) is 71.5 Å². The van der Waals surface area contributed by atoms with E-state index >= 15 is 0 Å². The van der Waals surface area contributed by atoms with Gasteiger partial charge >= 0.3 is 12.1 Å². The van der Waals surface area contributed by atoms with Crippen molar-refractivity contribution in [2.24, 2.45) is 0 Å². The number of aliphatic carboxylic acids is 1. The van der Waals surface area contributed by atoms with E-state index in [1.807, 2.05) is 36.4 Å². The average Bonchev–Trinajstić information content (AvgIpc) is 3.09. The fourth-order valence-corrected chi connectivity index (χ4v) is 4.42. The summed E-state index contributed by atoms with van der Waals surface area (Å²) in [7, 11) is 1.45. The van der Waals surface area contributed by atoms with E-state index in [1.165, 1.54) is 7.05 Å². The first-order valence-corrected chi connectivity index (χ1v) is 10.6. The van der Waals surface area contributed by atoms with E-state index in [-0.39, 0.29) is 18.9 Å². The molecule has 0 aliphatic heterocycles. The number of carbonyl (C=O) groups is 2. The Labute approximate surface area is 188 Å². The molecule has 0 radical (unpaired) electrons. The number of pyridine rings is 1. The summed E-state index contributed by atoms with van der Waals surface area (Å²) in [6, 6.07) is 16.9. The zero-order chi connectivity index (χ0) is 22.0. The molecule has 158 valence electrons. The molecule has 1 N–H and O–H groups in total. The van der Waals surface area contributed by atoms with Crippen LogP contribution >= 0.6 is 15.9 Å². The van der Waals surface area contributed by atoms with Crippen molar-refractivity contribution in [1.82, 2.24) is 9.88 Å². The molecule has 0 spiro atoms. The standard InChI is InChI=1S/C24H21BrN2O4/c1-27(22(23(28)29)11-15-10-16(25)13-26-12-15)24(30)31-14-21-19-8-4-2-6-17(19)18-7-3-5-9-20(18)21/h2-10,12-13,21-22H,11,14H2,1H3,(H,28,29). The number of hydrogen-bond acceptors (Lipinski definition) is 4. The summed E-state index contributed by atoms with van der Waals surface area (Å²) in [6.07, 6.45) is 2.67. The minimum absolute atomic E-state index is 0.0812. The highest BCUT2D eigenvalue weighted by Gasteiger charge is 2.32. The maximum Gasteiger partial charge on any atom is 0.410 e. The van der Waals surface area contributed by atoms with Crippen LogP contribution in [0.3, 0.4) is 0 Å². The van der Waals surface area contributed by atoms with Crippen LogP contribution in [0.4, 0.5) is 4.79 Å². The van der Waals surface area contributed by atoms with Gasteiger partial charge in [-0.05, 0) is 49.8 Å². The zero-order valence-electron chi connectivity index (χ0n) is 16.9. The van der Waals surface area contributed by atoms with Crippen molar-refractivity contribution in [1.29, 1.82) is 0 Å². The Morgan fingerprint density at radius 2 is 1.71 bits per heavy atom. The molecular weight excluding hydrogens is 460 g/mol. The molecule has 0 fully saturated rings. The second-order valence-corrected chi connectivity index (χ2v) is 8.40. The molecule has 1 aliphatic rings. The van der Waals surface area contributed by atoms with Gasteiger partial charge in [0.25, 0.3) is 0 Å².